The highest BCUT2D eigenvalue weighted by atomic mass is 32.1. The van der Waals surface area contributed by atoms with Crippen LogP contribution in [-0.4, -0.2) is 9.97 Å². The molecule has 2 N–H and O–H groups in total. The third-order valence-corrected chi connectivity index (χ3v) is 3.77. The number of nitrogens with zero attached hydrogens (tertiary/aromatic N) is 2. The number of aryl methyl sites for hydroxylation is 1. The summed E-state index contributed by atoms with van der Waals surface area (Å²) in [7, 11) is 0. The number of alkyl halides is 3. The van der Waals surface area contributed by atoms with Crippen LogP contribution >= 0.6 is 11.3 Å². The van der Waals surface area contributed by atoms with E-state index in [1.165, 1.54) is 6.20 Å². The Bertz CT molecular complexity index is 525. The van der Waals surface area contributed by atoms with Crippen LogP contribution in [0.4, 0.5) is 13.2 Å². The molecule has 0 saturated heterocycles. The van der Waals surface area contributed by atoms with Gasteiger partial charge in [0.05, 0.1) is 0 Å². The van der Waals surface area contributed by atoms with E-state index < -0.39 is 17.2 Å². The van der Waals surface area contributed by atoms with Crippen molar-refractivity contribution in [3.8, 4) is 0 Å². The van der Waals surface area contributed by atoms with E-state index in [4.69, 9.17) is 5.73 Å². The average Bonchev–Trinajstić information content (AvgIpc) is 2.87. The molecule has 0 aromatic carbocycles. The zero-order valence-electron chi connectivity index (χ0n) is 9.89. The first kappa shape index (κ1) is 14.0. The van der Waals surface area contributed by atoms with E-state index in [9.17, 15) is 13.2 Å². The minimum Gasteiger partial charge on any atom is -0.323 e. The van der Waals surface area contributed by atoms with Gasteiger partial charge in [-0.2, -0.15) is 13.2 Å². The van der Waals surface area contributed by atoms with Gasteiger partial charge in [0, 0.05) is 29.5 Å². The number of halogens is 3. The maximum atomic E-state index is 12.4. The fraction of sp³-hybridized carbons (Fsp3) is 0.333. The highest BCUT2D eigenvalue weighted by Crippen LogP contribution is 2.34. The quantitative estimate of drug-likeness (QED) is 0.939. The van der Waals surface area contributed by atoms with Crippen LogP contribution in [0.5, 0.6) is 0 Å². The molecule has 1 unspecified atom stereocenters. The fourth-order valence-electron chi connectivity index (χ4n) is 1.60. The highest BCUT2D eigenvalue weighted by Gasteiger charge is 2.34. The smallest absolute Gasteiger partial charge is 0.323 e. The zero-order chi connectivity index (χ0) is 13.9. The Hall–Kier alpha value is -1.47. The monoisotopic (exact) mass is 287 g/mol. The first-order valence-electron chi connectivity index (χ1n) is 5.64. The summed E-state index contributed by atoms with van der Waals surface area (Å²) in [5.41, 5.74) is 6.89. The molecule has 0 spiro atoms. The van der Waals surface area contributed by atoms with E-state index in [0.717, 1.165) is 5.56 Å². The average molecular weight is 287 g/mol. The Morgan fingerprint density at radius 1 is 1.32 bits per heavy atom. The molecule has 0 fully saturated rings. The molecule has 0 bridgehead atoms. The first-order chi connectivity index (χ1) is 8.97. The lowest BCUT2D eigenvalue weighted by molar-refractivity contribution is -0.137. The molecular weight excluding hydrogens is 275 g/mol. The van der Waals surface area contributed by atoms with Crippen LogP contribution in [0.3, 0.4) is 0 Å². The standard InChI is InChI=1S/C12H12F3N3S/c13-12(14,15)11-18-7-10(19-11)9(16)4-3-8-2-1-5-17-6-8/h1-2,5-7,9H,3-4,16H2. The van der Waals surface area contributed by atoms with Crippen molar-refractivity contribution in [1.29, 1.82) is 0 Å². The van der Waals surface area contributed by atoms with Crippen LogP contribution in [0.15, 0.2) is 30.7 Å². The number of nitrogens with two attached hydrogens (primary N) is 1. The van der Waals surface area contributed by atoms with Gasteiger partial charge in [-0.05, 0) is 24.5 Å². The summed E-state index contributed by atoms with van der Waals surface area (Å²) in [5, 5.41) is -0.848. The predicted molar refractivity (Wildman–Crippen MR) is 66.6 cm³/mol. The van der Waals surface area contributed by atoms with Crippen LogP contribution in [0, 0.1) is 0 Å². The second-order valence-corrected chi connectivity index (χ2v) is 5.13. The summed E-state index contributed by atoms with van der Waals surface area (Å²) in [6, 6.07) is 3.29. The summed E-state index contributed by atoms with van der Waals surface area (Å²) >= 11 is 0.606. The summed E-state index contributed by atoms with van der Waals surface area (Å²) < 4.78 is 37.2. The largest absolute Gasteiger partial charge is 0.443 e. The lowest BCUT2D eigenvalue weighted by Crippen LogP contribution is -2.09. The van der Waals surface area contributed by atoms with E-state index in [0.29, 0.717) is 29.1 Å². The number of hydrogen-bond acceptors (Lipinski definition) is 4. The molecule has 2 heterocycles. The lowest BCUT2D eigenvalue weighted by atomic mass is 10.1. The fourth-order valence-corrected chi connectivity index (χ4v) is 2.42. The third kappa shape index (κ3) is 3.74. The summed E-state index contributed by atoms with van der Waals surface area (Å²) in [5.74, 6) is 0. The van der Waals surface area contributed by atoms with Gasteiger partial charge in [0.2, 0.25) is 0 Å². The molecule has 0 aliphatic rings. The van der Waals surface area contributed by atoms with E-state index in [2.05, 4.69) is 9.97 Å². The zero-order valence-corrected chi connectivity index (χ0v) is 10.7. The Balaban J connectivity index is 1.97. The van der Waals surface area contributed by atoms with Crippen LogP contribution < -0.4 is 5.73 Å². The maximum absolute atomic E-state index is 12.4. The van der Waals surface area contributed by atoms with Gasteiger partial charge in [0.25, 0.3) is 0 Å². The number of pyridine rings is 1. The summed E-state index contributed by atoms with van der Waals surface area (Å²) in [4.78, 5) is 7.79. The van der Waals surface area contributed by atoms with E-state index in [-0.39, 0.29) is 0 Å². The molecule has 0 amide bonds. The van der Waals surface area contributed by atoms with Gasteiger partial charge < -0.3 is 5.73 Å². The normalized spacial score (nSPS) is 13.5. The Kier molecular flexibility index (Phi) is 4.16. The molecule has 2 aromatic rings. The van der Waals surface area contributed by atoms with Crippen molar-refractivity contribution in [3.63, 3.8) is 0 Å². The number of thiazole rings is 1. The Morgan fingerprint density at radius 3 is 2.68 bits per heavy atom. The van der Waals surface area contributed by atoms with Gasteiger partial charge in [0.15, 0.2) is 5.01 Å². The van der Waals surface area contributed by atoms with Crippen molar-refractivity contribution in [1.82, 2.24) is 9.97 Å². The first-order valence-corrected chi connectivity index (χ1v) is 6.46. The molecule has 0 radical (unpaired) electrons. The molecule has 0 aliphatic carbocycles. The minimum absolute atomic E-state index is 0.436. The SMILES string of the molecule is NC(CCc1cccnc1)c1cnc(C(F)(F)F)s1. The highest BCUT2D eigenvalue weighted by molar-refractivity contribution is 7.11. The van der Waals surface area contributed by atoms with Gasteiger partial charge in [-0.15, -0.1) is 11.3 Å². The van der Waals surface area contributed by atoms with Gasteiger partial charge in [0.1, 0.15) is 0 Å². The summed E-state index contributed by atoms with van der Waals surface area (Å²) in [6.07, 6.45) is 1.44. The molecule has 19 heavy (non-hydrogen) atoms. The second kappa shape index (κ2) is 5.66. The topological polar surface area (TPSA) is 51.8 Å². The number of hydrogen-bond donors (Lipinski definition) is 1. The van der Waals surface area contributed by atoms with Gasteiger partial charge >= 0.3 is 6.18 Å². The lowest BCUT2D eigenvalue weighted by Gasteiger charge is -2.08. The molecular formula is C12H12F3N3S. The number of aromatic nitrogens is 2. The van der Waals surface area contributed by atoms with Crippen LogP contribution in [0.2, 0.25) is 0 Å². The second-order valence-electron chi connectivity index (χ2n) is 4.07. The van der Waals surface area contributed by atoms with Crippen molar-refractivity contribution in [3.05, 3.63) is 46.2 Å². The van der Waals surface area contributed by atoms with Crippen molar-refractivity contribution in [2.24, 2.45) is 5.73 Å². The third-order valence-electron chi connectivity index (χ3n) is 2.60. The van der Waals surface area contributed by atoms with Gasteiger partial charge in [-0.25, -0.2) is 4.98 Å². The molecule has 0 aliphatic heterocycles. The molecule has 2 rings (SSSR count). The van der Waals surface area contributed by atoms with E-state index in [1.54, 1.807) is 12.4 Å². The van der Waals surface area contributed by atoms with Gasteiger partial charge in [-0.1, -0.05) is 6.07 Å². The maximum Gasteiger partial charge on any atom is 0.443 e. The van der Waals surface area contributed by atoms with Gasteiger partial charge in [-0.3, -0.25) is 4.98 Å². The van der Waals surface area contributed by atoms with Crippen LogP contribution in [-0.2, 0) is 12.6 Å². The minimum atomic E-state index is -4.40. The number of rotatable bonds is 4. The Labute approximate surface area is 112 Å². The van der Waals surface area contributed by atoms with Crippen molar-refractivity contribution in [2.75, 3.05) is 0 Å². The van der Waals surface area contributed by atoms with Crippen LogP contribution in [0.25, 0.3) is 0 Å². The Morgan fingerprint density at radius 2 is 2.11 bits per heavy atom. The molecule has 3 nitrogen and oxygen atoms in total. The van der Waals surface area contributed by atoms with Crippen molar-refractivity contribution in [2.45, 2.75) is 25.1 Å². The van der Waals surface area contributed by atoms with E-state index >= 15 is 0 Å². The molecule has 2 aromatic heterocycles. The molecule has 0 saturated carbocycles. The summed E-state index contributed by atoms with van der Waals surface area (Å²) in [6.45, 7) is 0. The molecule has 1 atom stereocenters. The predicted octanol–water partition coefficient (Wildman–Crippen LogP) is 3.19. The molecule has 7 heteroatoms. The van der Waals surface area contributed by atoms with Crippen molar-refractivity contribution < 1.29 is 13.2 Å². The van der Waals surface area contributed by atoms with E-state index in [1.807, 2.05) is 12.1 Å². The van der Waals surface area contributed by atoms with Crippen molar-refractivity contribution >= 4 is 11.3 Å². The van der Waals surface area contributed by atoms with Crippen LogP contribution in [0.1, 0.15) is 27.9 Å². The molecule has 102 valence electrons.